The molecule has 0 fully saturated rings. The Morgan fingerprint density at radius 2 is 0.683 bits per heavy atom. The SMILES string of the molecule is C=CC(=O)OCCOCCOCCOCCOCCOCCOCCOCCOCCCCCCCCCCCC. The minimum Gasteiger partial charge on any atom is -0.460 e. The lowest BCUT2D eigenvalue weighted by Crippen LogP contribution is -2.15. The van der Waals surface area contributed by atoms with Crippen LogP contribution in [-0.2, 0) is 47.4 Å². The Labute approximate surface area is 249 Å². The summed E-state index contributed by atoms with van der Waals surface area (Å²) in [4.78, 5) is 10.8. The Morgan fingerprint density at radius 3 is 1.00 bits per heavy atom. The largest absolute Gasteiger partial charge is 0.460 e. The van der Waals surface area contributed by atoms with Crippen molar-refractivity contribution in [3.8, 4) is 0 Å². The van der Waals surface area contributed by atoms with Gasteiger partial charge in [0.05, 0.1) is 99.1 Å². The van der Waals surface area contributed by atoms with Crippen LogP contribution in [0.1, 0.15) is 71.1 Å². The third-order valence-electron chi connectivity index (χ3n) is 5.88. The summed E-state index contributed by atoms with van der Waals surface area (Å²) in [6, 6.07) is 0. The lowest BCUT2D eigenvalue weighted by Gasteiger charge is -2.09. The molecule has 0 aliphatic carbocycles. The van der Waals surface area contributed by atoms with Gasteiger partial charge < -0.3 is 42.6 Å². The average molecular weight is 593 g/mol. The number of rotatable bonds is 36. The second-order valence-electron chi connectivity index (χ2n) is 9.45. The summed E-state index contributed by atoms with van der Waals surface area (Å²) < 4.78 is 48.5. The van der Waals surface area contributed by atoms with Gasteiger partial charge >= 0.3 is 5.97 Å². The van der Waals surface area contributed by atoms with Crippen LogP contribution in [0.3, 0.4) is 0 Å². The van der Waals surface area contributed by atoms with Crippen LogP contribution in [0.25, 0.3) is 0 Å². The zero-order valence-corrected chi connectivity index (χ0v) is 26.0. The predicted molar refractivity (Wildman–Crippen MR) is 160 cm³/mol. The van der Waals surface area contributed by atoms with Crippen molar-refractivity contribution >= 4 is 5.97 Å². The van der Waals surface area contributed by atoms with E-state index in [9.17, 15) is 4.79 Å². The predicted octanol–water partition coefficient (Wildman–Crippen LogP) is 4.77. The second kappa shape index (κ2) is 36.9. The van der Waals surface area contributed by atoms with E-state index in [0.717, 1.165) is 19.1 Å². The van der Waals surface area contributed by atoms with Crippen molar-refractivity contribution in [2.45, 2.75) is 71.1 Å². The van der Waals surface area contributed by atoms with Crippen LogP contribution in [-0.4, -0.2) is 118 Å². The van der Waals surface area contributed by atoms with Crippen LogP contribution in [0.4, 0.5) is 0 Å². The van der Waals surface area contributed by atoms with E-state index < -0.39 is 5.97 Å². The van der Waals surface area contributed by atoms with Crippen LogP contribution in [0.2, 0.25) is 0 Å². The zero-order chi connectivity index (χ0) is 29.7. The highest BCUT2D eigenvalue weighted by molar-refractivity contribution is 5.81. The van der Waals surface area contributed by atoms with Gasteiger partial charge in [0.2, 0.25) is 0 Å². The Balaban J connectivity index is 3.04. The summed E-state index contributed by atoms with van der Waals surface area (Å²) in [7, 11) is 0. The molecule has 0 aliphatic rings. The molecule has 10 nitrogen and oxygen atoms in total. The van der Waals surface area contributed by atoms with Gasteiger partial charge in [0.15, 0.2) is 0 Å². The summed E-state index contributed by atoms with van der Waals surface area (Å²) >= 11 is 0. The van der Waals surface area contributed by atoms with Gasteiger partial charge in [-0.15, -0.1) is 0 Å². The molecule has 41 heavy (non-hydrogen) atoms. The number of hydrogen-bond acceptors (Lipinski definition) is 10. The van der Waals surface area contributed by atoms with E-state index in [1.807, 2.05) is 0 Å². The fourth-order valence-electron chi connectivity index (χ4n) is 3.59. The van der Waals surface area contributed by atoms with Gasteiger partial charge in [0.25, 0.3) is 0 Å². The minimum atomic E-state index is -0.452. The van der Waals surface area contributed by atoms with Crippen LogP contribution in [0.5, 0.6) is 0 Å². The molecular formula is C31H60O10. The fourth-order valence-corrected chi connectivity index (χ4v) is 3.59. The lowest BCUT2D eigenvalue weighted by molar-refractivity contribution is -0.139. The summed E-state index contributed by atoms with van der Waals surface area (Å²) in [5.74, 6) is -0.452. The van der Waals surface area contributed by atoms with E-state index in [4.69, 9.17) is 42.6 Å². The third-order valence-corrected chi connectivity index (χ3v) is 5.88. The molecule has 0 heterocycles. The van der Waals surface area contributed by atoms with E-state index in [-0.39, 0.29) is 6.61 Å². The van der Waals surface area contributed by atoms with Crippen molar-refractivity contribution in [3.05, 3.63) is 12.7 Å². The molecule has 0 atom stereocenters. The first-order valence-electron chi connectivity index (χ1n) is 15.7. The monoisotopic (exact) mass is 592 g/mol. The fraction of sp³-hybridized carbons (Fsp3) is 0.903. The molecule has 0 spiro atoms. The highest BCUT2D eigenvalue weighted by Gasteiger charge is 1.97. The summed E-state index contributed by atoms with van der Waals surface area (Å²) in [6.45, 7) is 14.3. The first kappa shape index (κ1) is 39.9. The van der Waals surface area contributed by atoms with Crippen molar-refractivity contribution in [2.24, 2.45) is 0 Å². The lowest BCUT2D eigenvalue weighted by atomic mass is 10.1. The van der Waals surface area contributed by atoms with Gasteiger partial charge in [-0.05, 0) is 6.42 Å². The van der Waals surface area contributed by atoms with Crippen LogP contribution >= 0.6 is 0 Å². The summed E-state index contributed by atoms with van der Waals surface area (Å²) in [5.41, 5.74) is 0. The van der Waals surface area contributed by atoms with E-state index >= 15 is 0 Å². The molecule has 0 N–H and O–H groups in total. The first-order chi connectivity index (χ1) is 20.3. The zero-order valence-electron chi connectivity index (χ0n) is 26.0. The molecule has 0 unspecified atom stereocenters. The maximum Gasteiger partial charge on any atom is 0.330 e. The van der Waals surface area contributed by atoms with Gasteiger partial charge in [-0.1, -0.05) is 71.3 Å². The van der Waals surface area contributed by atoms with Crippen LogP contribution in [0, 0.1) is 0 Å². The van der Waals surface area contributed by atoms with Crippen molar-refractivity contribution in [1.29, 1.82) is 0 Å². The summed E-state index contributed by atoms with van der Waals surface area (Å²) in [5, 5.41) is 0. The smallest absolute Gasteiger partial charge is 0.330 e. The maximum absolute atomic E-state index is 10.8. The molecule has 0 bridgehead atoms. The highest BCUT2D eigenvalue weighted by Crippen LogP contribution is 2.10. The van der Waals surface area contributed by atoms with Crippen molar-refractivity contribution in [3.63, 3.8) is 0 Å². The molecule has 0 radical (unpaired) electrons. The molecule has 0 saturated heterocycles. The molecule has 0 rings (SSSR count). The van der Waals surface area contributed by atoms with Gasteiger partial charge in [0, 0.05) is 12.7 Å². The van der Waals surface area contributed by atoms with Crippen LogP contribution in [0.15, 0.2) is 12.7 Å². The summed E-state index contributed by atoms with van der Waals surface area (Å²) in [6.07, 6.45) is 14.5. The average Bonchev–Trinajstić information content (AvgIpc) is 2.99. The highest BCUT2D eigenvalue weighted by atomic mass is 16.6. The quantitative estimate of drug-likeness (QED) is 0.0575. The van der Waals surface area contributed by atoms with E-state index in [2.05, 4.69) is 13.5 Å². The van der Waals surface area contributed by atoms with E-state index in [1.165, 1.54) is 57.8 Å². The Bertz CT molecular complexity index is 521. The molecular weight excluding hydrogens is 532 g/mol. The maximum atomic E-state index is 10.8. The first-order valence-corrected chi connectivity index (χ1v) is 15.7. The molecule has 10 heteroatoms. The van der Waals surface area contributed by atoms with Gasteiger partial charge in [-0.2, -0.15) is 0 Å². The topological polar surface area (TPSA) is 100 Å². The molecule has 0 aliphatic heterocycles. The molecule has 0 aromatic rings. The second-order valence-corrected chi connectivity index (χ2v) is 9.45. The standard InChI is InChI=1S/C31H60O10/c1-3-5-6-7-8-9-10-11-12-13-14-33-15-16-34-17-18-35-19-20-36-21-22-37-23-24-38-25-26-39-27-28-40-29-30-41-31(32)4-2/h4H,2-3,5-30H2,1H3. The van der Waals surface area contributed by atoms with Gasteiger partial charge in [0.1, 0.15) is 6.61 Å². The van der Waals surface area contributed by atoms with Crippen LogP contribution < -0.4 is 0 Å². The number of unbranched alkanes of at least 4 members (excludes halogenated alkanes) is 9. The van der Waals surface area contributed by atoms with Crippen molar-refractivity contribution < 1.29 is 47.4 Å². The number of carbonyl (C=O) groups excluding carboxylic acids is 1. The third kappa shape index (κ3) is 36.9. The molecule has 0 amide bonds. The normalized spacial score (nSPS) is 11.2. The Morgan fingerprint density at radius 1 is 0.415 bits per heavy atom. The number of hydrogen-bond donors (Lipinski definition) is 0. The van der Waals surface area contributed by atoms with E-state index in [1.54, 1.807) is 0 Å². The number of esters is 1. The van der Waals surface area contributed by atoms with E-state index in [0.29, 0.717) is 99.1 Å². The molecule has 0 saturated carbocycles. The Hall–Kier alpha value is -1.11. The van der Waals surface area contributed by atoms with Gasteiger partial charge in [-0.3, -0.25) is 0 Å². The van der Waals surface area contributed by atoms with Crippen molar-refractivity contribution in [1.82, 2.24) is 0 Å². The Kier molecular flexibility index (Phi) is 35.9. The number of ether oxygens (including phenoxy) is 9. The van der Waals surface area contributed by atoms with Crippen molar-refractivity contribution in [2.75, 3.05) is 112 Å². The molecule has 0 aromatic carbocycles. The molecule has 0 aromatic heterocycles. The minimum absolute atomic E-state index is 0.207. The molecule has 244 valence electrons. The van der Waals surface area contributed by atoms with Gasteiger partial charge in [-0.25, -0.2) is 4.79 Å². The number of carbonyl (C=O) groups is 1.